The Morgan fingerprint density at radius 2 is 2.05 bits per heavy atom. The van der Waals surface area contributed by atoms with Gasteiger partial charge in [0.25, 0.3) is 0 Å². The maximum Gasteiger partial charge on any atom is 0.420 e. The Morgan fingerprint density at radius 1 is 1.27 bits per heavy atom. The molecule has 0 atom stereocenters. The topological polar surface area (TPSA) is 64.2 Å². The minimum absolute atomic E-state index is 0.113. The first-order chi connectivity index (χ1) is 10.5. The number of carbonyl (C=O) groups is 1. The number of nitrogens with one attached hydrogen (secondary N) is 1. The summed E-state index contributed by atoms with van der Waals surface area (Å²) in [5.74, 6) is -0.858. The molecule has 0 radical (unpaired) electrons. The molecule has 6 heteroatoms. The summed E-state index contributed by atoms with van der Waals surface area (Å²) in [6, 6.07) is 12.2. The van der Waals surface area contributed by atoms with Crippen LogP contribution in [-0.2, 0) is 11.3 Å². The van der Waals surface area contributed by atoms with Crippen LogP contribution in [0.3, 0.4) is 0 Å². The number of anilines is 1. The normalized spacial score (nSPS) is 10.8. The van der Waals surface area contributed by atoms with Gasteiger partial charge in [0.05, 0.1) is 5.52 Å². The van der Waals surface area contributed by atoms with Gasteiger partial charge in [0.15, 0.2) is 5.58 Å². The van der Waals surface area contributed by atoms with E-state index >= 15 is 0 Å². The van der Waals surface area contributed by atoms with Gasteiger partial charge in [-0.2, -0.15) is 0 Å². The lowest BCUT2D eigenvalue weighted by Crippen LogP contribution is -2.25. The summed E-state index contributed by atoms with van der Waals surface area (Å²) >= 11 is 5.88. The van der Waals surface area contributed by atoms with E-state index in [1.165, 1.54) is 4.57 Å². The Hall–Kier alpha value is -2.53. The fourth-order valence-electron chi connectivity index (χ4n) is 2.26. The summed E-state index contributed by atoms with van der Waals surface area (Å²) in [4.78, 5) is 24.0. The number of amides is 1. The van der Waals surface area contributed by atoms with Crippen molar-refractivity contribution in [2.24, 2.45) is 0 Å². The Morgan fingerprint density at radius 3 is 2.82 bits per heavy atom. The van der Waals surface area contributed by atoms with Crippen molar-refractivity contribution in [2.45, 2.75) is 13.5 Å². The van der Waals surface area contributed by atoms with Gasteiger partial charge in [-0.15, -0.1) is 0 Å². The lowest BCUT2D eigenvalue weighted by molar-refractivity contribution is -0.116. The van der Waals surface area contributed by atoms with Gasteiger partial charge in [-0.25, -0.2) is 4.79 Å². The van der Waals surface area contributed by atoms with E-state index in [-0.39, 0.29) is 12.5 Å². The van der Waals surface area contributed by atoms with Crippen molar-refractivity contribution in [1.29, 1.82) is 0 Å². The van der Waals surface area contributed by atoms with Crippen LogP contribution in [0.15, 0.2) is 51.7 Å². The molecule has 1 heterocycles. The highest BCUT2D eigenvalue weighted by molar-refractivity contribution is 6.30. The number of hydrogen-bond donors (Lipinski definition) is 1. The Bertz CT molecular complexity index is 911. The van der Waals surface area contributed by atoms with Crippen LogP contribution in [-0.4, -0.2) is 10.5 Å². The number of fused-ring (bicyclic) bond motifs is 1. The van der Waals surface area contributed by atoms with E-state index < -0.39 is 5.76 Å². The second-order valence-corrected chi connectivity index (χ2v) is 5.37. The summed E-state index contributed by atoms with van der Waals surface area (Å²) in [7, 11) is 0. The van der Waals surface area contributed by atoms with E-state index in [0.717, 1.165) is 5.56 Å². The number of halogens is 1. The van der Waals surface area contributed by atoms with Crippen LogP contribution in [0.5, 0.6) is 0 Å². The van der Waals surface area contributed by atoms with Crippen molar-refractivity contribution in [3.05, 3.63) is 63.6 Å². The van der Waals surface area contributed by atoms with E-state index in [1.807, 2.05) is 6.92 Å². The summed E-state index contributed by atoms with van der Waals surface area (Å²) < 4.78 is 6.40. The second kappa shape index (κ2) is 5.69. The highest BCUT2D eigenvalue weighted by atomic mass is 35.5. The molecule has 2 aromatic carbocycles. The number of oxazole rings is 1. The first kappa shape index (κ1) is 14.4. The molecule has 0 bridgehead atoms. The summed E-state index contributed by atoms with van der Waals surface area (Å²) in [5.41, 5.74) is 2.57. The molecule has 0 spiro atoms. The van der Waals surface area contributed by atoms with E-state index in [1.54, 1.807) is 42.5 Å². The van der Waals surface area contributed by atoms with E-state index in [9.17, 15) is 9.59 Å². The molecule has 5 nitrogen and oxygen atoms in total. The third-order valence-electron chi connectivity index (χ3n) is 3.34. The number of benzene rings is 2. The van der Waals surface area contributed by atoms with E-state index in [2.05, 4.69) is 5.32 Å². The van der Waals surface area contributed by atoms with Crippen LogP contribution in [0.2, 0.25) is 5.02 Å². The molecule has 3 rings (SSSR count). The molecule has 1 aromatic heterocycles. The Labute approximate surface area is 131 Å². The van der Waals surface area contributed by atoms with Crippen LogP contribution in [0.1, 0.15) is 5.56 Å². The molecule has 0 aliphatic heterocycles. The van der Waals surface area contributed by atoms with Crippen molar-refractivity contribution in [3.8, 4) is 0 Å². The molecule has 3 aromatic rings. The lowest BCUT2D eigenvalue weighted by atomic mass is 10.2. The van der Waals surface area contributed by atoms with Crippen molar-refractivity contribution in [2.75, 3.05) is 5.32 Å². The van der Waals surface area contributed by atoms with Gasteiger partial charge in [-0.05, 0) is 42.8 Å². The predicted octanol–water partition coefficient (Wildman–Crippen LogP) is 3.20. The minimum Gasteiger partial charge on any atom is -0.408 e. The summed E-state index contributed by atoms with van der Waals surface area (Å²) in [5, 5.41) is 3.37. The molecule has 0 saturated carbocycles. The fourth-order valence-corrected chi connectivity index (χ4v) is 2.49. The van der Waals surface area contributed by atoms with Crippen molar-refractivity contribution in [1.82, 2.24) is 4.57 Å². The Kier molecular flexibility index (Phi) is 3.73. The molecule has 22 heavy (non-hydrogen) atoms. The molecule has 1 amide bonds. The van der Waals surface area contributed by atoms with Crippen LogP contribution >= 0.6 is 11.6 Å². The number of carbonyl (C=O) groups excluding carboxylic acids is 1. The third-order valence-corrected chi connectivity index (χ3v) is 3.57. The maximum atomic E-state index is 12.2. The predicted molar refractivity (Wildman–Crippen MR) is 85.3 cm³/mol. The molecular formula is C16H13ClN2O3. The van der Waals surface area contributed by atoms with Crippen LogP contribution in [0.25, 0.3) is 11.1 Å². The van der Waals surface area contributed by atoms with Crippen molar-refractivity contribution in [3.63, 3.8) is 0 Å². The number of nitrogens with zero attached hydrogens (tertiary/aromatic N) is 1. The first-order valence-electron chi connectivity index (χ1n) is 6.69. The fraction of sp³-hybridized carbons (Fsp3) is 0.125. The van der Waals surface area contributed by atoms with Gasteiger partial charge in [-0.3, -0.25) is 9.36 Å². The number of para-hydroxylation sites is 2. The van der Waals surface area contributed by atoms with E-state index in [4.69, 9.17) is 16.0 Å². The molecule has 0 fully saturated rings. The maximum absolute atomic E-state index is 12.2. The highest BCUT2D eigenvalue weighted by Gasteiger charge is 2.13. The third kappa shape index (κ3) is 2.76. The zero-order chi connectivity index (χ0) is 15.7. The van der Waals surface area contributed by atoms with Gasteiger partial charge in [0, 0.05) is 10.7 Å². The van der Waals surface area contributed by atoms with Gasteiger partial charge < -0.3 is 9.73 Å². The SMILES string of the molecule is Cc1cc(Cl)ccc1NC(=O)Cn1c(=O)oc2ccccc21. The lowest BCUT2D eigenvalue weighted by Gasteiger charge is -2.09. The molecule has 0 aliphatic carbocycles. The Balaban J connectivity index is 1.84. The molecule has 0 saturated heterocycles. The summed E-state index contributed by atoms with van der Waals surface area (Å²) in [6.45, 7) is 1.73. The van der Waals surface area contributed by atoms with Crippen molar-refractivity contribution < 1.29 is 9.21 Å². The van der Waals surface area contributed by atoms with Crippen LogP contribution < -0.4 is 11.1 Å². The number of rotatable bonds is 3. The van der Waals surface area contributed by atoms with Gasteiger partial charge in [0.2, 0.25) is 5.91 Å². The number of aryl methyl sites for hydroxylation is 1. The zero-order valence-electron chi connectivity index (χ0n) is 11.8. The highest BCUT2D eigenvalue weighted by Crippen LogP contribution is 2.19. The van der Waals surface area contributed by atoms with E-state index in [0.29, 0.717) is 21.8 Å². The van der Waals surface area contributed by atoms with Gasteiger partial charge >= 0.3 is 5.76 Å². The molecule has 1 N–H and O–H groups in total. The summed E-state index contributed by atoms with van der Waals surface area (Å²) in [6.07, 6.45) is 0. The molecule has 0 unspecified atom stereocenters. The average molecular weight is 317 g/mol. The number of hydrogen-bond acceptors (Lipinski definition) is 3. The minimum atomic E-state index is -0.552. The largest absolute Gasteiger partial charge is 0.420 e. The molecule has 112 valence electrons. The first-order valence-corrected chi connectivity index (χ1v) is 7.07. The van der Waals surface area contributed by atoms with Crippen LogP contribution in [0.4, 0.5) is 5.69 Å². The van der Waals surface area contributed by atoms with Gasteiger partial charge in [0.1, 0.15) is 6.54 Å². The zero-order valence-corrected chi connectivity index (χ0v) is 12.6. The van der Waals surface area contributed by atoms with Gasteiger partial charge in [-0.1, -0.05) is 23.7 Å². The average Bonchev–Trinajstić information content (AvgIpc) is 2.78. The molecule has 0 aliphatic rings. The van der Waals surface area contributed by atoms with Crippen LogP contribution in [0, 0.1) is 6.92 Å². The quantitative estimate of drug-likeness (QED) is 0.807. The standard InChI is InChI=1S/C16H13ClN2O3/c1-10-8-11(17)6-7-12(10)18-15(20)9-19-13-4-2-3-5-14(13)22-16(19)21/h2-8H,9H2,1H3,(H,18,20). The smallest absolute Gasteiger partial charge is 0.408 e. The molecular weight excluding hydrogens is 304 g/mol. The number of aromatic nitrogens is 1. The van der Waals surface area contributed by atoms with Crippen molar-refractivity contribution >= 4 is 34.3 Å². The monoisotopic (exact) mass is 316 g/mol. The second-order valence-electron chi connectivity index (χ2n) is 4.93.